The molecule has 0 aliphatic heterocycles. The number of aromatic carboxylic acids is 1. The van der Waals surface area contributed by atoms with Gasteiger partial charge in [-0.2, -0.15) is 0 Å². The molecule has 5 heteroatoms. The number of aryl methyl sites for hydroxylation is 2. The van der Waals surface area contributed by atoms with Gasteiger partial charge in [-0.15, -0.1) is 0 Å². The highest BCUT2D eigenvalue weighted by molar-refractivity contribution is 5.94. The first-order valence-corrected chi connectivity index (χ1v) is 6.01. The van der Waals surface area contributed by atoms with Gasteiger partial charge in [0.05, 0.1) is 6.61 Å². The van der Waals surface area contributed by atoms with Crippen molar-refractivity contribution in [2.75, 3.05) is 18.5 Å². The van der Waals surface area contributed by atoms with Gasteiger partial charge in [0.1, 0.15) is 11.4 Å². The molecule has 100 valence electrons. The molecule has 2 N–H and O–H groups in total. The van der Waals surface area contributed by atoms with Gasteiger partial charge in [-0.25, -0.2) is 9.78 Å². The normalized spacial score (nSPS) is 12.2. The summed E-state index contributed by atoms with van der Waals surface area (Å²) < 4.78 is 5.29. The Morgan fingerprint density at radius 2 is 2.22 bits per heavy atom. The Balaban J connectivity index is 2.96. The van der Waals surface area contributed by atoms with Gasteiger partial charge in [-0.3, -0.25) is 0 Å². The van der Waals surface area contributed by atoms with E-state index < -0.39 is 5.97 Å². The number of rotatable bonds is 6. The summed E-state index contributed by atoms with van der Waals surface area (Å²) in [5.41, 5.74) is 1.73. The lowest BCUT2D eigenvalue weighted by Crippen LogP contribution is -2.24. The van der Waals surface area contributed by atoms with E-state index in [4.69, 9.17) is 4.74 Å². The summed E-state index contributed by atoms with van der Waals surface area (Å²) in [6.45, 7) is 8.63. The van der Waals surface area contributed by atoms with E-state index in [0.717, 1.165) is 5.69 Å². The topological polar surface area (TPSA) is 71.5 Å². The van der Waals surface area contributed by atoms with Gasteiger partial charge in [0.25, 0.3) is 0 Å². The lowest BCUT2D eigenvalue weighted by Gasteiger charge is -2.17. The summed E-state index contributed by atoms with van der Waals surface area (Å²) in [5, 5.41) is 12.3. The zero-order chi connectivity index (χ0) is 13.7. The van der Waals surface area contributed by atoms with Crippen LogP contribution in [0.3, 0.4) is 0 Å². The Bertz CT molecular complexity index is 432. The molecule has 0 bridgehead atoms. The third-order valence-electron chi connectivity index (χ3n) is 2.51. The zero-order valence-corrected chi connectivity index (χ0v) is 11.3. The molecule has 0 spiro atoms. The SMILES string of the molecule is CCOCC(C)Nc1nc(C)cc(C)c1C(=O)O. The molecule has 0 aliphatic carbocycles. The Morgan fingerprint density at radius 1 is 1.56 bits per heavy atom. The summed E-state index contributed by atoms with van der Waals surface area (Å²) in [4.78, 5) is 15.5. The molecule has 1 heterocycles. The van der Waals surface area contributed by atoms with Crippen molar-refractivity contribution in [1.29, 1.82) is 0 Å². The number of nitrogens with one attached hydrogen (secondary N) is 1. The van der Waals surface area contributed by atoms with Crippen LogP contribution in [-0.4, -0.2) is 35.3 Å². The predicted molar refractivity (Wildman–Crippen MR) is 70.2 cm³/mol. The van der Waals surface area contributed by atoms with Gasteiger partial charge in [0.2, 0.25) is 0 Å². The highest BCUT2D eigenvalue weighted by Crippen LogP contribution is 2.19. The number of hydrogen-bond donors (Lipinski definition) is 2. The van der Waals surface area contributed by atoms with E-state index in [1.807, 2.05) is 20.8 Å². The first-order chi connectivity index (χ1) is 8.45. The molecule has 0 radical (unpaired) electrons. The molecule has 0 saturated carbocycles. The van der Waals surface area contributed by atoms with Crippen molar-refractivity contribution >= 4 is 11.8 Å². The number of anilines is 1. The van der Waals surface area contributed by atoms with Gasteiger partial charge in [0, 0.05) is 18.3 Å². The number of pyridine rings is 1. The fourth-order valence-corrected chi connectivity index (χ4v) is 1.78. The standard InChI is InChI=1S/C13H20N2O3/c1-5-18-7-10(4)15-12-11(13(16)17)8(2)6-9(3)14-12/h6,10H,5,7H2,1-4H3,(H,14,15)(H,16,17). The fourth-order valence-electron chi connectivity index (χ4n) is 1.78. The largest absolute Gasteiger partial charge is 0.478 e. The van der Waals surface area contributed by atoms with E-state index in [-0.39, 0.29) is 11.6 Å². The number of carboxylic acid groups (broad SMARTS) is 1. The van der Waals surface area contributed by atoms with Crippen molar-refractivity contribution < 1.29 is 14.6 Å². The molecule has 0 aliphatic rings. The quantitative estimate of drug-likeness (QED) is 0.812. The maximum atomic E-state index is 11.2. The summed E-state index contributed by atoms with van der Waals surface area (Å²) in [6, 6.07) is 1.78. The van der Waals surface area contributed by atoms with Crippen LogP contribution in [0.15, 0.2) is 6.07 Å². The summed E-state index contributed by atoms with van der Waals surface area (Å²) >= 11 is 0. The van der Waals surface area contributed by atoms with E-state index in [0.29, 0.717) is 24.6 Å². The summed E-state index contributed by atoms with van der Waals surface area (Å²) in [5.74, 6) is -0.557. The first kappa shape index (κ1) is 14.4. The molecule has 0 amide bonds. The van der Waals surface area contributed by atoms with Crippen LogP contribution in [0, 0.1) is 13.8 Å². The molecular weight excluding hydrogens is 232 g/mol. The third kappa shape index (κ3) is 3.70. The van der Waals surface area contributed by atoms with Crippen molar-refractivity contribution in [2.24, 2.45) is 0 Å². The van der Waals surface area contributed by atoms with Gasteiger partial charge < -0.3 is 15.2 Å². The predicted octanol–water partition coefficient (Wildman–Crippen LogP) is 2.23. The van der Waals surface area contributed by atoms with E-state index in [2.05, 4.69) is 10.3 Å². The second-order valence-corrected chi connectivity index (χ2v) is 4.31. The van der Waals surface area contributed by atoms with Gasteiger partial charge >= 0.3 is 5.97 Å². The number of carbonyl (C=O) groups is 1. The van der Waals surface area contributed by atoms with Crippen LogP contribution in [0.1, 0.15) is 35.5 Å². The minimum Gasteiger partial charge on any atom is -0.478 e. The molecule has 18 heavy (non-hydrogen) atoms. The minimum absolute atomic E-state index is 0.0109. The fraction of sp³-hybridized carbons (Fsp3) is 0.538. The van der Waals surface area contributed by atoms with E-state index in [1.54, 1.807) is 13.0 Å². The van der Waals surface area contributed by atoms with E-state index in [9.17, 15) is 9.90 Å². The maximum Gasteiger partial charge on any atom is 0.339 e. The molecule has 1 aromatic heterocycles. The van der Waals surface area contributed by atoms with Crippen LogP contribution in [0.25, 0.3) is 0 Å². The van der Waals surface area contributed by atoms with Crippen LogP contribution in [0.4, 0.5) is 5.82 Å². The van der Waals surface area contributed by atoms with Crippen LogP contribution < -0.4 is 5.32 Å². The molecule has 5 nitrogen and oxygen atoms in total. The number of ether oxygens (including phenoxy) is 1. The maximum absolute atomic E-state index is 11.2. The molecular formula is C13H20N2O3. The van der Waals surface area contributed by atoms with Crippen molar-refractivity contribution in [2.45, 2.75) is 33.7 Å². The van der Waals surface area contributed by atoms with Gasteiger partial charge in [-0.1, -0.05) is 0 Å². The van der Waals surface area contributed by atoms with Gasteiger partial charge in [0.15, 0.2) is 0 Å². The third-order valence-corrected chi connectivity index (χ3v) is 2.51. The van der Waals surface area contributed by atoms with Crippen LogP contribution in [0.2, 0.25) is 0 Å². The Labute approximate surface area is 107 Å². The molecule has 0 aromatic carbocycles. The summed E-state index contributed by atoms with van der Waals surface area (Å²) in [6.07, 6.45) is 0. The van der Waals surface area contributed by atoms with Crippen LogP contribution >= 0.6 is 0 Å². The highest BCUT2D eigenvalue weighted by Gasteiger charge is 2.17. The van der Waals surface area contributed by atoms with E-state index >= 15 is 0 Å². The molecule has 0 saturated heterocycles. The highest BCUT2D eigenvalue weighted by atomic mass is 16.5. The monoisotopic (exact) mass is 252 g/mol. The minimum atomic E-state index is -0.967. The summed E-state index contributed by atoms with van der Waals surface area (Å²) in [7, 11) is 0. The van der Waals surface area contributed by atoms with Crippen LogP contribution in [0.5, 0.6) is 0 Å². The van der Waals surface area contributed by atoms with E-state index in [1.165, 1.54) is 0 Å². The first-order valence-electron chi connectivity index (χ1n) is 6.01. The lowest BCUT2D eigenvalue weighted by molar-refractivity contribution is 0.0696. The molecule has 1 aromatic rings. The Kier molecular flexibility index (Phi) is 5.09. The van der Waals surface area contributed by atoms with Crippen molar-refractivity contribution in [3.8, 4) is 0 Å². The number of hydrogen-bond acceptors (Lipinski definition) is 4. The molecule has 1 atom stereocenters. The second-order valence-electron chi connectivity index (χ2n) is 4.31. The molecule has 0 fully saturated rings. The Hall–Kier alpha value is -1.62. The molecule has 1 rings (SSSR count). The van der Waals surface area contributed by atoms with Crippen molar-refractivity contribution in [3.63, 3.8) is 0 Å². The average molecular weight is 252 g/mol. The van der Waals surface area contributed by atoms with Gasteiger partial charge in [-0.05, 0) is 39.3 Å². The average Bonchev–Trinajstić information content (AvgIpc) is 2.24. The van der Waals surface area contributed by atoms with Crippen molar-refractivity contribution in [3.05, 3.63) is 22.9 Å². The van der Waals surface area contributed by atoms with Crippen LogP contribution in [-0.2, 0) is 4.74 Å². The zero-order valence-electron chi connectivity index (χ0n) is 11.3. The van der Waals surface area contributed by atoms with Crippen molar-refractivity contribution in [1.82, 2.24) is 4.98 Å². The lowest BCUT2D eigenvalue weighted by atomic mass is 10.1. The number of nitrogens with zero attached hydrogens (tertiary/aromatic N) is 1. The second kappa shape index (κ2) is 6.35. The smallest absolute Gasteiger partial charge is 0.339 e. The Morgan fingerprint density at radius 3 is 2.78 bits per heavy atom. The number of carboxylic acids is 1. The number of aromatic nitrogens is 1. The molecule has 1 unspecified atom stereocenters.